The molecule has 38 heavy (non-hydrogen) atoms. The number of fused-ring (bicyclic) bond motifs is 4. The van der Waals surface area contributed by atoms with Gasteiger partial charge in [0.05, 0.1) is 41.4 Å². The minimum absolute atomic E-state index is 0.0677. The highest BCUT2D eigenvalue weighted by molar-refractivity contribution is 6.51. The fourth-order valence-electron chi connectivity index (χ4n) is 5.71. The lowest BCUT2D eigenvalue weighted by atomic mass is 9.95. The number of aliphatic hydroxyl groups is 1. The van der Waals surface area contributed by atoms with Gasteiger partial charge in [-0.1, -0.05) is 18.2 Å². The number of carbonyl (C=O) groups excluding carboxylic acids is 2. The summed E-state index contributed by atoms with van der Waals surface area (Å²) in [5, 5.41) is 15.0. The summed E-state index contributed by atoms with van der Waals surface area (Å²) < 4.78 is 18.8. The predicted octanol–water partition coefficient (Wildman–Crippen LogP) is 2.11. The Labute approximate surface area is 217 Å². The molecule has 10 heteroatoms. The highest BCUT2D eigenvalue weighted by Crippen LogP contribution is 2.46. The van der Waals surface area contributed by atoms with Gasteiger partial charge in [0.2, 0.25) is 6.79 Å². The maximum absolute atomic E-state index is 13.3. The van der Waals surface area contributed by atoms with Gasteiger partial charge in [0.1, 0.15) is 0 Å². The van der Waals surface area contributed by atoms with E-state index in [1.807, 2.05) is 47.2 Å². The van der Waals surface area contributed by atoms with E-state index in [2.05, 4.69) is 15.2 Å². The van der Waals surface area contributed by atoms with Crippen molar-refractivity contribution >= 4 is 44.8 Å². The molecule has 10 nitrogen and oxygen atoms in total. The Kier molecular flexibility index (Phi) is 5.46. The Bertz CT molecular complexity index is 1630. The average Bonchev–Trinajstić information content (AvgIpc) is 3.68. The molecule has 194 valence electrons. The zero-order valence-corrected chi connectivity index (χ0v) is 20.5. The van der Waals surface area contributed by atoms with Crippen molar-refractivity contribution in [2.45, 2.75) is 12.6 Å². The Morgan fingerprint density at radius 3 is 2.58 bits per heavy atom. The number of ether oxygens (including phenoxy) is 3. The molecule has 2 aromatic heterocycles. The fourth-order valence-corrected chi connectivity index (χ4v) is 5.71. The number of hydrogen-bond acceptors (Lipinski definition) is 7. The fraction of sp³-hybridized carbons (Fsp3) is 0.286. The van der Waals surface area contributed by atoms with Gasteiger partial charge in [-0.05, 0) is 18.2 Å². The lowest BCUT2D eigenvalue weighted by Gasteiger charge is -2.28. The van der Waals surface area contributed by atoms with Crippen molar-refractivity contribution in [1.82, 2.24) is 19.8 Å². The zero-order chi connectivity index (χ0) is 25.8. The number of aromatic nitrogens is 2. The third kappa shape index (κ3) is 3.68. The Morgan fingerprint density at radius 1 is 0.947 bits per heavy atom. The van der Waals surface area contributed by atoms with Crippen LogP contribution in [0.15, 0.2) is 48.8 Å². The molecule has 3 N–H and O–H groups in total. The van der Waals surface area contributed by atoms with Crippen LogP contribution in [-0.2, 0) is 20.9 Å². The molecule has 2 aromatic carbocycles. The van der Waals surface area contributed by atoms with Crippen LogP contribution in [-0.4, -0.2) is 77.1 Å². The van der Waals surface area contributed by atoms with Crippen LogP contribution in [0.3, 0.4) is 0 Å². The van der Waals surface area contributed by atoms with E-state index in [1.54, 1.807) is 6.20 Å². The first-order chi connectivity index (χ1) is 18.6. The lowest BCUT2D eigenvalue weighted by molar-refractivity contribution is -0.122. The molecule has 1 atom stereocenters. The van der Waals surface area contributed by atoms with Crippen molar-refractivity contribution in [3.05, 3.63) is 59.9 Å². The van der Waals surface area contributed by atoms with Crippen molar-refractivity contribution in [1.29, 1.82) is 0 Å². The van der Waals surface area contributed by atoms with Crippen LogP contribution in [0.5, 0.6) is 11.5 Å². The molecule has 3 aliphatic rings. The number of β-amino-alcohol motifs (C(OH)–C–C–N with tert-alkyl or cyclic N) is 1. The largest absolute Gasteiger partial charge is 0.454 e. The van der Waals surface area contributed by atoms with Crippen molar-refractivity contribution < 1.29 is 28.9 Å². The zero-order valence-electron chi connectivity index (χ0n) is 20.5. The van der Waals surface area contributed by atoms with Gasteiger partial charge in [-0.15, -0.1) is 0 Å². The molecule has 0 radical (unpaired) electrons. The summed E-state index contributed by atoms with van der Waals surface area (Å²) in [4.78, 5) is 31.9. The van der Waals surface area contributed by atoms with E-state index in [-0.39, 0.29) is 12.4 Å². The molecule has 1 fully saturated rings. The van der Waals surface area contributed by atoms with Gasteiger partial charge in [0.25, 0.3) is 11.8 Å². The van der Waals surface area contributed by atoms with Gasteiger partial charge < -0.3 is 28.9 Å². The van der Waals surface area contributed by atoms with Gasteiger partial charge in [-0.2, -0.15) is 0 Å². The molecule has 1 unspecified atom stereocenters. The monoisotopic (exact) mass is 514 g/mol. The van der Waals surface area contributed by atoms with Gasteiger partial charge in [0.15, 0.2) is 11.5 Å². The van der Waals surface area contributed by atoms with Crippen molar-refractivity contribution in [3.8, 4) is 11.5 Å². The molecule has 0 aliphatic carbocycles. The number of para-hydroxylation sites is 1. The molecular weight excluding hydrogens is 488 g/mol. The third-order valence-corrected chi connectivity index (χ3v) is 7.42. The second-order valence-electron chi connectivity index (χ2n) is 9.74. The van der Waals surface area contributed by atoms with Crippen LogP contribution in [0.1, 0.15) is 11.1 Å². The molecule has 2 amide bonds. The topological polar surface area (TPSA) is 118 Å². The number of morpholine rings is 1. The van der Waals surface area contributed by atoms with E-state index in [1.165, 1.54) is 0 Å². The van der Waals surface area contributed by atoms with Crippen molar-refractivity contribution in [2.24, 2.45) is 0 Å². The van der Waals surface area contributed by atoms with E-state index in [0.717, 1.165) is 29.5 Å². The van der Waals surface area contributed by atoms with Crippen molar-refractivity contribution in [3.63, 3.8) is 0 Å². The summed E-state index contributed by atoms with van der Waals surface area (Å²) >= 11 is 0. The smallest absolute Gasteiger partial charge is 0.259 e. The quantitative estimate of drug-likeness (QED) is 0.338. The van der Waals surface area contributed by atoms with Crippen LogP contribution in [0.2, 0.25) is 0 Å². The number of H-pyrrole nitrogens is 1. The molecule has 5 heterocycles. The number of aromatic amines is 1. The number of carbonyl (C=O) groups is 2. The Hall–Kier alpha value is -4.12. The van der Waals surface area contributed by atoms with Crippen LogP contribution in [0.25, 0.3) is 33.0 Å². The normalized spacial score (nSPS) is 18.7. The molecule has 0 bridgehead atoms. The third-order valence-electron chi connectivity index (χ3n) is 7.42. The minimum atomic E-state index is -0.650. The summed E-state index contributed by atoms with van der Waals surface area (Å²) in [5.74, 6) is 0.175. The van der Waals surface area contributed by atoms with Gasteiger partial charge in [-0.25, -0.2) is 0 Å². The molecule has 4 aromatic rings. The van der Waals surface area contributed by atoms with E-state index in [9.17, 15) is 14.7 Å². The van der Waals surface area contributed by atoms with Crippen LogP contribution in [0.4, 0.5) is 0 Å². The van der Waals surface area contributed by atoms with Gasteiger partial charge in [0, 0.05) is 60.6 Å². The number of nitrogens with zero attached hydrogens (tertiary/aromatic N) is 2. The first kappa shape index (κ1) is 23.0. The number of aliphatic hydroxyl groups excluding tert-OH is 1. The maximum atomic E-state index is 13.3. The number of amides is 2. The van der Waals surface area contributed by atoms with E-state index < -0.39 is 17.9 Å². The molecular formula is C28H26N4O6. The maximum Gasteiger partial charge on any atom is 0.259 e. The average molecular weight is 515 g/mol. The first-order valence-electron chi connectivity index (χ1n) is 12.6. The summed E-state index contributed by atoms with van der Waals surface area (Å²) in [7, 11) is 0. The number of rotatable bonds is 6. The van der Waals surface area contributed by atoms with Crippen LogP contribution in [0, 0.1) is 0 Å². The first-order valence-corrected chi connectivity index (χ1v) is 12.6. The van der Waals surface area contributed by atoms with Gasteiger partial charge >= 0.3 is 0 Å². The minimum Gasteiger partial charge on any atom is -0.454 e. The molecule has 0 spiro atoms. The SMILES string of the molecule is O=C1NC(=O)C(c2cn(CC(O)CN3CCOCC3)c3ccc4c(c23)OCO4)=C1c1c[nH]c2ccccc12. The Morgan fingerprint density at radius 2 is 1.74 bits per heavy atom. The second-order valence-corrected chi connectivity index (χ2v) is 9.74. The molecule has 1 saturated heterocycles. The summed E-state index contributed by atoms with van der Waals surface area (Å²) in [5.41, 5.74) is 3.43. The van der Waals surface area contributed by atoms with Crippen LogP contribution >= 0.6 is 0 Å². The van der Waals surface area contributed by atoms with Crippen molar-refractivity contribution in [2.75, 3.05) is 39.6 Å². The van der Waals surface area contributed by atoms with Crippen LogP contribution < -0.4 is 14.8 Å². The molecule has 0 saturated carbocycles. The highest BCUT2D eigenvalue weighted by atomic mass is 16.7. The van der Waals surface area contributed by atoms with E-state index in [0.29, 0.717) is 59.9 Å². The standard InChI is InChI=1S/C28H26N4O6/c33-16(12-31-7-9-36-10-8-31)13-32-14-19(23-21(32)5-6-22-26(23)38-15-37-22)25-24(27(34)30-28(25)35)18-11-29-20-4-2-1-3-17(18)20/h1-6,11,14,16,29,33H,7-10,12-13,15H2,(H,30,34,35). The second kappa shape index (κ2) is 9.02. The summed E-state index contributed by atoms with van der Waals surface area (Å²) in [6, 6.07) is 11.4. The molecule has 7 rings (SSSR count). The number of benzene rings is 2. The Balaban J connectivity index is 1.38. The van der Waals surface area contributed by atoms with E-state index in [4.69, 9.17) is 14.2 Å². The predicted molar refractivity (Wildman–Crippen MR) is 140 cm³/mol. The number of nitrogens with one attached hydrogen (secondary N) is 2. The summed E-state index contributed by atoms with van der Waals surface area (Å²) in [6.45, 7) is 3.73. The van der Waals surface area contributed by atoms with Gasteiger partial charge in [-0.3, -0.25) is 19.8 Å². The lowest BCUT2D eigenvalue weighted by Crippen LogP contribution is -2.41. The number of imide groups is 1. The highest BCUT2D eigenvalue weighted by Gasteiger charge is 2.36. The van der Waals surface area contributed by atoms with E-state index >= 15 is 0 Å². The number of hydrogen-bond donors (Lipinski definition) is 3. The molecule has 3 aliphatic heterocycles. The summed E-state index contributed by atoms with van der Waals surface area (Å²) in [6.07, 6.45) is 2.94.